The van der Waals surface area contributed by atoms with Crippen LogP contribution in [0.5, 0.6) is 5.75 Å². The number of rotatable bonds is 7. The SMILES string of the molecule is CCN(C)C(=O)C(C)c1cncc(/C(C)=C/c2c(-c3ccccc3OC)c[nH]c2C)c1. The molecule has 0 spiro atoms. The van der Waals surface area contributed by atoms with Crippen molar-refractivity contribution in [1.82, 2.24) is 14.9 Å². The number of carbonyl (C=O) groups is 1. The second-order valence-corrected chi connectivity index (χ2v) is 7.85. The Morgan fingerprint density at radius 3 is 2.71 bits per heavy atom. The van der Waals surface area contributed by atoms with E-state index in [1.54, 1.807) is 18.2 Å². The summed E-state index contributed by atoms with van der Waals surface area (Å²) in [4.78, 5) is 22.1. The largest absolute Gasteiger partial charge is 0.496 e. The highest BCUT2D eigenvalue weighted by atomic mass is 16.5. The number of para-hydroxylation sites is 1. The van der Waals surface area contributed by atoms with Gasteiger partial charge in [-0.05, 0) is 62.6 Å². The molecular weight excluding hydrogens is 386 g/mol. The maximum absolute atomic E-state index is 12.6. The first-order valence-electron chi connectivity index (χ1n) is 10.6. The number of ether oxygens (including phenoxy) is 1. The lowest BCUT2D eigenvalue weighted by Crippen LogP contribution is -2.30. The van der Waals surface area contributed by atoms with E-state index in [0.717, 1.165) is 44.8 Å². The van der Waals surface area contributed by atoms with E-state index < -0.39 is 0 Å². The van der Waals surface area contributed by atoms with Crippen LogP contribution in [0.4, 0.5) is 0 Å². The lowest BCUT2D eigenvalue weighted by Gasteiger charge is -2.20. The van der Waals surface area contributed by atoms with Crippen LogP contribution in [0.2, 0.25) is 0 Å². The van der Waals surface area contributed by atoms with Gasteiger partial charge in [0.15, 0.2) is 0 Å². The van der Waals surface area contributed by atoms with Gasteiger partial charge < -0.3 is 14.6 Å². The van der Waals surface area contributed by atoms with Crippen LogP contribution in [-0.2, 0) is 4.79 Å². The van der Waals surface area contributed by atoms with E-state index in [1.807, 2.05) is 51.5 Å². The first kappa shape index (κ1) is 22.3. The van der Waals surface area contributed by atoms with Gasteiger partial charge in [-0.3, -0.25) is 9.78 Å². The summed E-state index contributed by atoms with van der Waals surface area (Å²) in [7, 11) is 3.52. The number of methoxy groups -OCH3 is 1. The molecule has 0 aliphatic rings. The molecule has 3 rings (SSSR count). The number of aryl methyl sites for hydroxylation is 1. The molecule has 0 fully saturated rings. The van der Waals surface area contributed by atoms with Crippen LogP contribution < -0.4 is 4.74 Å². The highest BCUT2D eigenvalue weighted by Gasteiger charge is 2.19. The number of likely N-dealkylation sites (N-methyl/N-ethyl adjacent to an activating group) is 1. The van der Waals surface area contributed by atoms with E-state index in [9.17, 15) is 4.79 Å². The van der Waals surface area contributed by atoms with E-state index in [4.69, 9.17) is 4.74 Å². The number of H-pyrrole nitrogens is 1. The van der Waals surface area contributed by atoms with Gasteiger partial charge in [0, 0.05) is 54.6 Å². The zero-order valence-corrected chi connectivity index (χ0v) is 19.2. The first-order valence-corrected chi connectivity index (χ1v) is 10.6. The van der Waals surface area contributed by atoms with Crippen LogP contribution in [0.1, 0.15) is 49.1 Å². The minimum atomic E-state index is -0.233. The summed E-state index contributed by atoms with van der Waals surface area (Å²) < 4.78 is 5.57. The highest BCUT2D eigenvalue weighted by Crippen LogP contribution is 2.35. The molecule has 1 amide bonds. The number of amides is 1. The molecule has 1 aromatic carbocycles. The maximum atomic E-state index is 12.6. The molecule has 3 aromatic rings. The highest BCUT2D eigenvalue weighted by molar-refractivity contribution is 5.89. The van der Waals surface area contributed by atoms with Gasteiger partial charge in [-0.2, -0.15) is 0 Å². The van der Waals surface area contributed by atoms with Gasteiger partial charge in [0.2, 0.25) is 5.91 Å². The minimum Gasteiger partial charge on any atom is -0.496 e. The second kappa shape index (κ2) is 9.65. The first-order chi connectivity index (χ1) is 14.9. The predicted molar refractivity (Wildman–Crippen MR) is 127 cm³/mol. The number of aromatic amines is 1. The van der Waals surface area contributed by atoms with Gasteiger partial charge in [0.05, 0.1) is 13.0 Å². The molecule has 0 bridgehead atoms. The number of allylic oxidation sites excluding steroid dienone is 1. The zero-order valence-electron chi connectivity index (χ0n) is 19.2. The van der Waals surface area contributed by atoms with Crippen molar-refractivity contribution in [1.29, 1.82) is 0 Å². The van der Waals surface area contributed by atoms with Crippen molar-refractivity contribution in [2.75, 3.05) is 20.7 Å². The van der Waals surface area contributed by atoms with Crippen molar-refractivity contribution < 1.29 is 9.53 Å². The Balaban J connectivity index is 1.98. The molecule has 1 unspecified atom stereocenters. The normalized spacial score (nSPS) is 12.5. The third-order valence-corrected chi connectivity index (χ3v) is 5.82. The number of benzene rings is 1. The standard InChI is InChI=1S/C26H31N3O2/c1-7-29(5)26(30)18(3)21-13-20(14-27-15-21)17(2)12-23-19(4)28-16-24(23)22-10-8-9-11-25(22)31-6/h8-16,18,28H,7H2,1-6H3/b17-12+. The van der Waals surface area contributed by atoms with Crippen molar-refractivity contribution in [2.24, 2.45) is 0 Å². The van der Waals surface area contributed by atoms with Crippen LogP contribution in [0, 0.1) is 6.92 Å². The number of nitrogens with zero attached hydrogens (tertiary/aromatic N) is 2. The van der Waals surface area contributed by atoms with Crippen molar-refractivity contribution in [3.05, 3.63) is 71.3 Å². The lowest BCUT2D eigenvalue weighted by atomic mass is 9.96. The van der Waals surface area contributed by atoms with E-state index in [-0.39, 0.29) is 11.8 Å². The zero-order chi connectivity index (χ0) is 22.5. The number of nitrogens with one attached hydrogen (secondary N) is 1. The molecule has 5 heteroatoms. The Bertz CT molecular complexity index is 1100. The topological polar surface area (TPSA) is 58.2 Å². The second-order valence-electron chi connectivity index (χ2n) is 7.85. The summed E-state index contributed by atoms with van der Waals surface area (Å²) in [5.41, 5.74) is 7.33. The van der Waals surface area contributed by atoms with Gasteiger partial charge in [-0.1, -0.05) is 18.2 Å². The Labute approximate surface area is 184 Å². The van der Waals surface area contributed by atoms with Crippen molar-refractivity contribution in [3.8, 4) is 16.9 Å². The number of pyridine rings is 1. The van der Waals surface area contributed by atoms with Crippen LogP contribution in [0.3, 0.4) is 0 Å². The minimum absolute atomic E-state index is 0.100. The Morgan fingerprint density at radius 2 is 2.00 bits per heavy atom. The molecule has 1 atom stereocenters. The molecule has 0 aliphatic carbocycles. The predicted octanol–water partition coefficient (Wildman–Crippen LogP) is 5.54. The van der Waals surface area contributed by atoms with Crippen LogP contribution in [0.15, 0.2) is 48.9 Å². The molecular formula is C26H31N3O2. The number of aromatic nitrogens is 2. The molecule has 2 aromatic heterocycles. The number of carbonyl (C=O) groups excluding carboxylic acids is 1. The summed E-state index contributed by atoms with van der Waals surface area (Å²) in [6.07, 6.45) is 7.81. The van der Waals surface area contributed by atoms with Gasteiger partial charge >= 0.3 is 0 Å². The average Bonchev–Trinajstić information content (AvgIpc) is 3.17. The van der Waals surface area contributed by atoms with Crippen LogP contribution in [-0.4, -0.2) is 41.5 Å². The van der Waals surface area contributed by atoms with Gasteiger partial charge in [0.1, 0.15) is 5.75 Å². The van der Waals surface area contributed by atoms with Crippen LogP contribution >= 0.6 is 0 Å². The third kappa shape index (κ3) is 4.71. The van der Waals surface area contributed by atoms with E-state index in [1.165, 1.54) is 0 Å². The monoisotopic (exact) mass is 417 g/mol. The Hall–Kier alpha value is -3.34. The molecule has 0 saturated heterocycles. The molecule has 1 N–H and O–H groups in total. The summed E-state index contributed by atoms with van der Waals surface area (Å²) in [6, 6.07) is 10.1. The quantitative estimate of drug-likeness (QED) is 0.549. The summed E-state index contributed by atoms with van der Waals surface area (Å²) in [5, 5.41) is 0. The third-order valence-electron chi connectivity index (χ3n) is 5.82. The van der Waals surface area contributed by atoms with Gasteiger partial charge in [-0.25, -0.2) is 0 Å². The maximum Gasteiger partial charge on any atom is 0.229 e. The molecule has 5 nitrogen and oxygen atoms in total. The summed E-state index contributed by atoms with van der Waals surface area (Å²) >= 11 is 0. The number of hydrogen-bond acceptors (Lipinski definition) is 3. The van der Waals surface area contributed by atoms with Crippen molar-refractivity contribution in [2.45, 2.75) is 33.6 Å². The van der Waals surface area contributed by atoms with Gasteiger partial charge in [0.25, 0.3) is 0 Å². The van der Waals surface area contributed by atoms with Crippen LogP contribution in [0.25, 0.3) is 22.8 Å². The Kier molecular flexibility index (Phi) is 6.95. The fraction of sp³-hybridized carbons (Fsp3) is 0.308. The molecule has 0 saturated carbocycles. The average molecular weight is 418 g/mol. The van der Waals surface area contributed by atoms with E-state index in [2.05, 4.69) is 42.0 Å². The summed E-state index contributed by atoms with van der Waals surface area (Å²) in [5.74, 6) is 0.705. The van der Waals surface area contributed by atoms with Crippen molar-refractivity contribution in [3.63, 3.8) is 0 Å². The van der Waals surface area contributed by atoms with E-state index >= 15 is 0 Å². The van der Waals surface area contributed by atoms with E-state index in [0.29, 0.717) is 6.54 Å². The molecule has 162 valence electrons. The smallest absolute Gasteiger partial charge is 0.229 e. The van der Waals surface area contributed by atoms with Gasteiger partial charge in [-0.15, -0.1) is 0 Å². The fourth-order valence-electron chi connectivity index (χ4n) is 3.65. The summed E-state index contributed by atoms with van der Waals surface area (Å²) in [6.45, 7) is 8.74. The lowest BCUT2D eigenvalue weighted by molar-refractivity contribution is -0.130. The molecule has 31 heavy (non-hydrogen) atoms. The fourth-order valence-corrected chi connectivity index (χ4v) is 3.65. The molecule has 0 radical (unpaired) electrons. The molecule has 0 aliphatic heterocycles. The molecule has 2 heterocycles. The van der Waals surface area contributed by atoms with Crippen molar-refractivity contribution >= 4 is 17.6 Å². The number of hydrogen-bond donors (Lipinski definition) is 1. The Morgan fingerprint density at radius 1 is 1.26 bits per heavy atom.